The van der Waals surface area contributed by atoms with Crippen LogP contribution in [0.15, 0.2) is 58.9 Å². The van der Waals surface area contributed by atoms with Gasteiger partial charge < -0.3 is 15.3 Å². The summed E-state index contributed by atoms with van der Waals surface area (Å²) in [7, 11) is 0. The molecule has 0 spiro atoms. The van der Waals surface area contributed by atoms with Crippen LogP contribution in [-0.4, -0.2) is 38.3 Å². The van der Waals surface area contributed by atoms with E-state index in [1.807, 2.05) is 19.9 Å². The Kier molecular flexibility index (Phi) is 5.84. The highest BCUT2D eigenvalue weighted by molar-refractivity contribution is 6.25. The van der Waals surface area contributed by atoms with Gasteiger partial charge >= 0.3 is 0 Å². The molecule has 5 rings (SSSR count). The third kappa shape index (κ3) is 3.53. The number of phenols is 1. The minimum atomic E-state index is -2.39. The first-order valence-electron chi connectivity index (χ1n) is 13.1. The zero-order chi connectivity index (χ0) is 27.8. The summed E-state index contributed by atoms with van der Waals surface area (Å²) >= 11 is 0. The Morgan fingerprint density at radius 2 is 1.61 bits per heavy atom. The van der Waals surface area contributed by atoms with Gasteiger partial charge in [-0.25, -0.2) is 0 Å². The number of aromatic hydroxyl groups is 1. The van der Waals surface area contributed by atoms with Gasteiger partial charge in [0, 0.05) is 16.4 Å². The summed E-state index contributed by atoms with van der Waals surface area (Å²) in [6.45, 7) is 8.63. The summed E-state index contributed by atoms with van der Waals surface area (Å²) in [5.74, 6) is -2.81. The average Bonchev–Trinajstić information content (AvgIpc) is 2.81. The number of Topliss-reactive ketones (excluding diaryl/α,β-unsaturated/α-hetero) is 3. The zero-order valence-corrected chi connectivity index (χ0v) is 22.6. The van der Waals surface area contributed by atoms with Gasteiger partial charge in [0.05, 0.1) is 11.1 Å². The first kappa shape index (κ1) is 26.1. The van der Waals surface area contributed by atoms with Gasteiger partial charge in [0.2, 0.25) is 5.78 Å². The molecular weight excluding hydrogens is 480 g/mol. The number of aliphatic hydroxyl groups excluding tert-OH is 1. The summed E-state index contributed by atoms with van der Waals surface area (Å²) < 4.78 is 0. The maximum absolute atomic E-state index is 14.0. The molecule has 0 radical (unpaired) electrons. The van der Waals surface area contributed by atoms with Crippen LogP contribution >= 0.6 is 0 Å². The molecule has 3 aliphatic rings. The second kappa shape index (κ2) is 8.50. The van der Waals surface area contributed by atoms with Crippen molar-refractivity contribution < 1.29 is 29.7 Å². The number of phenolic OH excluding ortho intramolecular Hbond substituents is 1. The van der Waals surface area contributed by atoms with Crippen LogP contribution in [0.1, 0.15) is 73.1 Å². The van der Waals surface area contributed by atoms with Crippen molar-refractivity contribution >= 4 is 17.3 Å². The Morgan fingerprint density at radius 1 is 0.947 bits per heavy atom. The van der Waals surface area contributed by atoms with Crippen molar-refractivity contribution in [3.8, 4) is 5.75 Å². The maximum Gasteiger partial charge on any atom is 0.206 e. The van der Waals surface area contributed by atoms with Gasteiger partial charge in [-0.3, -0.25) is 14.4 Å². The number of aryl methyl sites for hydroxylation is 3. The van der Waals surface area contributed by atoms with Crippen LogP contribution in [0, 0.1) is 17.8 Å². The standard InChI is InChI=1S/C32H34O6/c1-17-6-8-20(9-7-17)10-11-21-12-13-23(34)25-22(21)15-30(4)16-31(5)14-18(2)24(19(3)33)28(36)32(31,38)29(37)26(30)27(25)35/h6-9,12-13,34,37-38H,10-11,14-16H2,1-5H3/t30-,31+,32+/m1/s1. The molecule has 2 aromatic carbocycles. The van der Waals surface area contributed by atoms with Crippen LogP contribution in [0.4, 0.5) is 0 Å². The molecule has 6 heteroatoms. The van der Waals surface area contributed by atoms with E-state index in [-0.39, 0.29) is 35.3 Å². The Bertz CT molecular complexity index is 1480. The molecule has 3 aliphatic carbocycles. The summed E-state index contributed by atoms with van der Waals surface area (Å²) in [6, 6.07) is 11.6. The molecule has 3 atom stereocenters. The van der Waals surface area contributed by atoms with Gasteiger partial charge in [-0.15, -0.1) is 0 Å². The number of fused-ring (bicyclic) bond motifs is 3. The normalized spacial score (nSPS) is 28.7. The molecular formula is C32H34O6. The number of ketones is 3. The lowest BCUT2D eigenvalue weighted by Crippen LogP contribution is -2.63. The van der Waals surface area contributed by atoms with Crippen molar-refractivity contribution in [1.29, 1.82) is 0 Å². The van der Waals surface area contributed by atoms with Crippen molar-refractivity contribution in [3.05, 3.63) is 86.7 Å². The van der Waals surface area contributed by atoms with E-state index in [0.29, 0.717) is 18.4 Å². The first-order valence-corrected chi connectivity index (χ1v) is 13.1. The highest BCUT2D eigenvalue weighted by Crippen LogP contribution is 2.62. The van der Waals surface area contributed by atoms with E-state index in [9.17, 15) is 29.7 Å². The van der Waals surface area contributed by atoms with Crippen molar-refractivity contribution in [3.63, 3.8) is 0 Å². The van der Waals surface area contributed by atoms with E-state index in [1.54, 1.807) is 13.8 Å². The van der Waals surface area contributed by atoms with Crippen molar-refractivity contribution in [1.82, 2.24) is 0 Å². The molecule has 0 unspecified atom stereocenters. The first-order chi connectivity index (χ1) is 17.7. The number of carbonyl (C=O) groups is 3. The van der Waals surface area contributed by atoms with Gasteiger partial charge in [-0.05, 0) is 75.6 Å². The van der Waals surface area contributed by atoms with E-state index in [1.165, 1.54) is 24.1 Å². The number of hydrogen-bond donors (Lipinski definition) is 3. The minimum absolute atomic E-state index is 0.0493. The lowest BCUT2D eigenvalue weighted by atomic mass is 9.48. The SMILES string of the molecule is CC(=O)C1=C(C)C[C@@]2(C)C[C@@]3(C)Cc4c(CCc5ccc(C)cc5)ccc(O)c4C(=O)C3=C(O)[C@@]2(O)C1=O. The molecule has 0 aromatic heterocycles. The van der Waals surface area contributed by atoms with Gasteiger partial charge in [-0.1, -0.05) is 55.3 Å². The van der Waals surface area contributed by atoms with Crippen LogP contribution < -0.4 is 0 Å². The van der Waals surface area contributed by atoms with Gasteiger partial charge in [0.25, 0.3) is 0 Å². The molecule has 2 aromatic rings. The van der Waals surface area contributed by atoms with Gasteiger partial charge in [0.15, 0.2) is 17.2 Å². The number of aliphatic hydroxyl groups is 2. The van der Waals surface area contributed by atoms with Crippen LogP contribution in [0.3, 0.4) is 0 Å². The highest BCUT2D eigenvalue weighted by Gasteiger charge is 2.67. The summed E-state index contributed by atoms with van der Waals surface area (Å²) in [5.41, 5.74) is 0.173. The van der Waals surface area contributed by atoms with Gasteiger partial charge in [0.1, 0.15) is 11.5 Å². The lowest BCUT2D eigenvalue weighted by Gasteiger charge is -2.56. The van der Waals surface area contributed by atoms with Crippen LogP contribution in [0.2, 0.25) is 0 Å². The second-order valence-electron chi connectivity index (χ2n) is 12.0. The minimum Gasteiger partial charge on any atom is -0.508 e. The Morgan fingerprint density at radius 3 is 2.24 bits per heavy atom. The van der Waals surface area contributed by atoms with E-state index in [2.05, 4.69) is 24.3 Å². The van der Waals surface area contributed by atoms with E-state index in [0.717, 1.165) is 17.5 Å². The molecule has 0 heterocycles. The topological polar surface area (TPSA) is 112 Å². The molecule has 0 amide bonds. The molecule has 0 bridgehead atoms. The molecule has 198 valence electrons. The Hall–Kier alpha value is -3.51. The third-order valence-electron chi connectivity index (χ3n) is 9.04. The highest BCUT2D eigenvalue weighted by atomic mass is 16.3. The Labute approximate surface area is 222 Å². The monoisotopic (exact) mass is 514 g/mol. The number of carbonyl (C=O) groups excluding carboxylic acids is 3. The number of hydrogen-bond acceptors (Lipinski definition) is 6. The smallest absolute Gasteiger partial charge is 0.206 e. The lowest BCUT2D eigenvalue weighted by molar-refractivity contribution is -0.157. The summed E-state index contributed by atoms with van der Waals surface area (Å²) in [6.07, 6.45) is 2.29. The predicted molar refractivity (Wildman–Crippen MR) is 143 cm³/mol. The number of benzene rings is 2. The molecule has 6 nitrogen and oxygen atoms in total. The zero-order valence-electron chi connectivity index (χ0n) is 22.6. The molecule has 0 aliphatic heterocycles. The van der Waals surface area contributed by atoms with E-state index >= 15 is 0 Å². The van der Waals surface area contributed by atoms with Crippen LogP contribution in [0.5, 0.6) is 5.75 Å². The predicted octanol–water partition coefficient (Wildman–Crippen LogP) is 5.06. The summed E-state index contributed by atoms with van der Waals surface area (Å²) in [4.78, 5) is 39.8. The van der Waals surface area contributed by atoms with Crippen molar-refractivity contribution in [2.45, 2.75) is 72.3 Å². The van der Waals surface area contributed by atoms with Crippen LogP contribution in [-0.2, 0) is 28.9 Å². The van der Waals surface area contributed by atoms with E-state index in [4.69, 9.17) is 0 Å². The second-order valence-corrected chi connectivity index (χ2v) is 12.0. The average molecular weight is 515 g/mol. The molecule has 0 fully saturated rings. The molecule has 0 saturated carbocycles. The number of allylic oxidation sites excluding steroid dienone is 2. The van der Waals surface area contributed by atoms with Crippen LogP contribution in [0.25, 0.3) is 0 Å². The fourth-order valence-electron chi connectivity index (χ4n) is 7.36. The van der Waals surface area contributed by atoms with Crippen molar-refractivity contribution in [2.75, 3.05) is 0 Å². The third-order valence-corrected chi connectivity index (χ3v) is 9.04. The number of rotatable bonds is 4. The molecule has 3 N–H and O–H groups in total. The largest absolute Gasteiger partial charge is 0.508 e. The fourth-order valence-corrected chi connectivity index (χ4v) is 7.36. The molecule has 0 saturated heterocycles. The van der Waals surface area contributed by atoms with Crippen molar-refractivity contribution in [2.24, 2.45) is 10.8 Å². The van der Waals surface area contributed by atoms with E-state index < -0.39 is 39.5 Å². The summed E-state index contributed by atoms with van der Waals surface area (Å²) in [5, 5.41) is 34.2. The fraction of sp³-hybridized carbons (Fsp3) is 0.406. The van der Waals surface area contributed by atoms with Gasteiger partial charge in [-0.2, -0.15) is 0 Å². The maximum atomic E-state index is 14.0. The quantitative estimate of drug-likeness (QED) is 0.492. The molecule has 38 heavy (non-hydrogen) atoms. The Balaban J connectivity index is 1.63.